The number of aryl methyl sites for hydroxylation is 2. The summed E-state index contributed by atoms with van der Waals surface area (Å²) in [6.07, 6.45) is -2.15. The molecule has 130 valence electrons. The molecular formula is C17H19F3N2O2. The standard InChI is InChI=1S/C17H19F3N2O2/c1-11-5-3-6-12(2)15(11)21-16(24)13-7-4-9-22(13)10-8-14(23)17(18,19)20/h3,5-6,8,10,13H,4,7,9H2,1-2H3,(H,21,24). The number of likely N-dealkylation sites (tertiary alicyclic amines) is 1. The molecule has 0 saturated carbocycles. The van der Waals surface area contributed by atoms with Crippen LogP contribution in [0.15, 0.2) is 30.5 Å². The molecule has 1 aliphatic heterocycles. The Morgan fingerprint density at radius 3 is 2.46 bits per heavy atom. The number of alkyl halides is 3. The van der Waals surface area contributed by atoms with Gasteiger partial charge in [-0.2, -0.15) is 13.2 Å². The van der Waals surface area contributed by atoms with Crippen molar-refractivity contribution in [2.45, 2.75) is 38.9 Å². The number of nitrogens with one attached hydrogen (secondary N) is 1. The van der Waals surface area contributed by atoms with Gasteiger partial charge < -0.3 is 10.2 Å². The monoisotopic (exact) mass is 340 g/mol. The normalized spacial score (nSPS) is 18.2. The quantitative estimate of drug-likeness (QED) is 0.855. The second-order valence-corrected chi connectivity index (χ2v) is 5.83. The van der Waals surface area contributed by atoms with Gasteiger partial charge in [-0.25, -0.2) is 0 Å². The molecule has 1 amide bonds. The number of allylic oxidation sites excluding steroid dienone is 1. The number of hydrogen-bond donors (Lipinski definition) is 1. The van der Waals surface area contributed by atoms with E-state index in [0.29, 0.717) is 31.1 Å². The second kappa shape index (κ2) is 7.07. The largest absolute Gasteiger partial charge is 0.454 e. The predicted molar refractivity (Wildman–Crippen MR) is 84.5 cm³/mol. The SMILES string of the molecule is Cc1cccc(C)c1NC(=O)C1CCCN1C=CC(=O)C(F)(F)F. The molecule has 1 N–H and O–H groups in total. The third-order valence-corrected chi connectivity index (χ3v) is 4.02. The summed E-state index contributed by atoms with van der Waals surface area (Å²) in [5.74, 6) is -2.21. The molecule has 4 nitrogen and oxygen atoms in total. The van der Waals surface area contributed by atoms with E-state index in [1.165, 1.54) is 4.90 Å². The maximum Gasteiger partial charge on any atom is 0.454 e. The van der Waals surface area contributed by atoms with Gasteiger partial charge in [0.15, 0.2) is 0 Å². The molecule has 1 unspecified atom stereocenters. The molecule has 1 fully saturated rings. The fourth-order valence-corrected chi connectivity index (χ4v) is 2.73. The van der Waals surface area contributed by atoms with Crippen molar-refractivity contribution in [2.24, 2.45) is 0 Å². The van der Waals surface area contributed by atoms with Gasteiger partial charge in [-0.05, 0) is 37.8 Å². The third-order valence-electron chi connectivity index (χ3n) is 4.02. The lowest BCUT2D eigenvalue weighted by molar-refractivity contribution is -0.165. The minimum absolute atomic E-state index is 0.283. The first kappa shape index (κ1) is 18.0. The van der Waals surface area contributed by atoms with Gasteiger partial charge in [0.2, 0.25) is 5.91 Å². The molecule has 2 rings (SSSR count). The van der Waals surface area contributed by atoms with Crippen LogP contribution in [0.5, 0.6) is 0 Å². The van der Waals surface area contributed by atoms with Crippen LogP contribution >= 0.6 is 0 Å². The number of para-hydroxylation sites is 1. The molecule has 0 spiro atoms. The highest BCUT2D eigenvalue weighted by Gasteiger charge is 2.37. The number of benzene rings is 1. The zero-order valence-corrected chi connectivity index (χ0v) is 13.5. The molecule has 1 aromatic carbocycles. The number of rotatable bonds is 4. The Morgan fingerprint density at radius 2 is 1.88 bits per heavy atom. The first-order chi connectivity index (χ1) is 11.2. The van der Waals surface area contributed by atoms with Crippen LogP contribution in [0.25, 0.3) is 0 Å². The van der Waals surface area contributed by atoms with E-state index in [4.69, 9.17) is 0 Å². The summed E-state index contributed by atoms with van der Waals surface area (Å²) >= 11 is 0. The smallest absolute Gasteiger partial charge is 0.365 e. The Hall–Kier alpha value is -2.31. The summed E-state index contributed by atoms with van der Waals surface area (Å²) in [4.78, 5) is 24.9. The van der Waals surface area contributed by atoms with Crippen molar-refractivity contribution in [1.29, 1.82) is 0 Å². The topological polar surface area (TPSA) is 49.4 Å². The van der Waals surface area contributed by atoms with Crippen LogP contribution in [-0.2, 0) is 9.59 Å². The minimum atomic E-state index is -4.90. The van der Waals surface area contributed by atoms with Gasteiger partial charge in [0.25, 0.3) is 5.78 Å². The van der Waals surface area contributed by atoms with E-state index in [1.807, 2.05) is 32.0 Å². The molecule has 1 saturated heterocycles. The lowest BCUT2D eigenvalue weighted by Crippen LogP contribution is -2.37. The molecule has 1 atom stereocenters. The molecule has 0 aromatic heterocycles. The van der Waals surface area contributed by atoms with E-state index in [1.54, 1.807) is 0 Å². The highest BCUT2D eigenvalue weighted by molar-refractivity contribution is 5.97. The fourth-order valence-electron chi connectivity index (χ4n) is 2.73. The summed E-state index contributed by atoms with van der Waals surface area (Å²) in [6, 6.07) is 5.04. The van der Waals surface area contributed by atoms with Gasteiger partial charge in [-0.15, -0.1) is 0 Å². The number of amides is 1. The van der Waals surface area contributed by atoms with Crippen molar-refractivity contribution < 1.29 is 22.8 Å². The molecule has 0 bridgehead atoms. The van der Waals surface area contributed by atoms with Crippen LogP contribution < -0.4 is 5.32 Å². The molecule has 1 heterocycles. The number of carbonyl (C=O) groups excluding carboxylic acids is 2. The Balaban J connectivity index is 2.09. The predicted octanol–water partition coefficient (Wildman–Crippen LogP) is 3.35. The van der Waals surface area contributed by atoms with E-state index in [2.05, 4.69) is 5.32 Å². The first-order valence-corrected chi connectivity index (χ1v) is 7.62. The number of anilines is 1. The van der Waals surface area contributed by atoms with Crippen LogP contribution in [0.1, 0.15) is 24.0 Å². The van der Waals surface area contributed by atoms with Crippen molar-refractivity contribution in [3.63, 3.8) is 0 Å². The maximum absolute atomic E-state index is 12.5. The van der Waals surface area contributed by atoms with Gasteiger partial charge in [0.05, 0.1) is 0 Å². The van der Waals surface area contributed by atoms with Gasteiger partial charge in [0, 0.05) is 24.5 Å². The van der Waals surface area contributed by atoms with Crippen LogP contribution in [0.3, 0.4) is 0 Å². The van der Waals surface area contributed by atoms with Crippen molar-refractivity contribution >= 4 is 17.4 Å². The second-order valence-electron chi connectivity index (χ2n) is 5.83. The lowest BCUT2D eigenvalue weighted by Gasteiger charge is -2.23. The van der Waals surface area contributed by atoms with Gasteiger partial charge in [-0.1, -0.05) is 18.2 Å². The van der Waals surface area contributed by atoms with Gasteiger partial charge in [-0.3, -0.25) is 9.59 Å². The molecular weight excluding hydrogens is 321 g/mol. The van der Waals surface area contributed by atoms with Crippen LogP contribution in [-0.4, -0.2) is 35.4 Å². The van der Waals surface area contributed by atoms with Gasteiger partial charge in [0.1, 0.15) is 6.04 Å². The Labute approximate surface area is 138 Å². The Bertz CT molecular complexity index is 648. The van der Waals surface area contributed by atoms with Crippen LogP contribution in [0.2, 0.25) is 0 Å². The Kier molecular flexibility index (Phi) is 5.31. The van der Waals surface area contributed by atoms with E-state index in [9.17, 15) is 22.8 Å². The number of ketones is 1. The molecule has 1 aromatic rings. The highest BCUT2D eigenvalue weighted by Crippen LogP contribution is 2.24. The highest BCUT2D eigenvalue weighted by atomic mass is 19.4. The summed E-state index contributed by atoms with van der Waals surface area (Å²) < 4.78 is 36.8. The van der Waals surface area contributed by atoms with Gasteiger partial charge >= 0.3 is 6.18 Å². The van der Waals surface area contributed by atoms with Crippen molar-refractivity contribution in [2.75, 3.05) is 11.9 Å². The van der Waals surface area contributed by atoms with E-state index >= 15 is 0 Å². The zero-order valence-electron chi connectivity index (χ0n) is 13.5. The number of hydrogen-bond acceptors (Lipinski definition) is 3. The molecule has 1 aliphatic rings. The maximum atomic E-state index is 12.5. The fraction of sp³-hybridized carbons (Fsp3) is 0.412. The Morgan fingerprint density at radius 1 is 1.25 bits per heavy atom. The van der Waals surface area contributed by atoms with Crippen LogP contribution in [0, 0.1) is 13.8 Å². The number of carbonyl (C=O) groups is 2. The third kappa shape index (κ3) is 4.15. The number of halogens is 3. The summed E-state index contributed by atoms with van der Waals surface area (Å²) in [7, 11) is 0. The minimum Gasteiger partial charge on any atom is -0.365 e. The number of nitrogens with zero attached hydrogens (tertiary/aromatic N) is 1. The average Bonchev–Trinajstić information content (AvgIpc) is 2.96. The van der Waals surface area contributed by atoms with Crippen molar-refractivity contribution in [3.05, 3.63) is 41.6 Å². The molecule has 24 heavy (non-hydrogen) atoms. The molecule has 7 heteroatoms. The van der Waals surface area contributed by atoms with E-state index in [-0.39, 0.29) is 5.91 Å². The summed E-state index contributed by atoms with van der Waals surface area (Å²) in [5, 5.41) is 2.85. The summed E-state index contributed by atoms with van der Waals surface area (Å²) in [6.45, 7) is 4.18. The van der Waals surface area contributed by atoms with E-state index in [0.717, 1.165) is 17.3 Å². The zero-order chi connectivity index (χ0) is 17.9. The van der Waals surface area contributed by atoms with Crippen LogP contribution in [0.4, 0.5) is 18.9 Å². The lowest BCUT2D eigenvalue weighted by atomic mass is 10.1. The molecule has 0 radical (unpaired) electrons. The van der Waals surface area contributed by atoms with Crippen molar-refractivity contribution in [3.8, 4) is 0 Å². The first-order valence-electron chi connectivity index (χ1n) is 7.62. The summed E-state index contributed by atoms with van der Waals surface area (Å²) in [5.41, 5.74) is 2.54. The molecule has 0 aliphatic carbocycles. The van der Waals surface area contributed by atoms with Crippen molar-refractivity contribution in [1.82, 2.24) is 4.90 Å². The average molecular weight is 340 g/mol. The van der Waals surface area contributed by atoms with E-state index < -0.39 is 18.0 Å².